The van der Waals surface area contributed by atoms with E-state index >= 15 is 0 Å². The Balaban J connectivity index is 1.19. The van der Waals surface area contributed by atoms with E-state index in [1.807, 2.05) is 55.5 Å². The number of rotatable bonds is 6. The van der Waals surface area contributed by atoms with Crippen molar-refractivity contribution in [3.8, 4) is 34.3 Å². The third-order valence-corrected chi connectivity index (χ3v) is 6.43. The number of anilines is 2. The molecule has 1 saturated heterocycles. The highest BCUT2D eigenvalue weighted by Gasteiger charge is 2.22. The topological polar surface area (TPSA) is 93.0 Å². The van der Waals surface area contributed by atoms with Gasteiger partial charge in [-0.1, -0.05) is 22.9 Å². The number of piperazine rings is 1. The number of aromatic nitrogens is 2. The van der Waals surface area contributed by atoms with Gasteiger partial charge in [-0.15, -0.1) is 0 Å². The third-order valence-electron chi connectivity index (χ3n) is 6.43. The van der Waals surface area contributed by atoms with Crippen LogP contribution in [0.25, 0.3) is 22.8 Å². The Labute approximate surface area is 215 Å². The molecule has 2 amide bonds. The number of carbonyl (C=O) groups is 1. The molecule has 0 spiro atoms. The minimum Gasteiger partial charge on any atom is -0.497 e. The molecule has 2 heterocycles. The molecule has 5 rings (SSSR count). The van der Waals surface area contributed by atoms with Gasteiger partial charge in [0.2, 0.25) is 5.82 Å². The lowest BCUT2D eigenvalue weighted by atomic mass is 10.1. The molecule has 0 aliphatic carbocycles. The number of aryl methyl sites for hydroxylation is 1. The molecule has 1 aliphatic rings. The summed E-state index contributed by atoms with van der Waals surface area (Å²) in [6.45, 7) is 4.69. The molecule has 0 bridgehead atoms. The van der Waals surface area contributed by atoms with Crippen LogP contribution in [0.3, 0.4) is 0 Å². The van der Waals surface area contributed by atoms with Gasteiger partial charge in [0.1, 0.15) is 11.5 Å². The second-order valence-corrected chi connectivity index (χ2v) is 8.81. The fourth-order valence-electron chi connectivity index (χ4n) is 4.25. The molecular formula is C28H29N5O4. The Bertz CT molecular complexity index is 1360. The number of amides is 2. The lowest BCUT2D eigenvalue weighted by Crippen LogP contribution is -2.50. The van der Waals surface area contributed by atoms with E-state index in [0.717, 1.165) is 29.9 Å². The van der Waals surface area contributed by atoms with E-state index in [2.05, 4.69) is 20.4 Å². The van der Waals surface area contributed by atoms with E-state index in [1.165, 1.54) is 5.56 Å². The fourth-order valence-corrected chi connectivity index (χ4v) is 4.25. The summed E-state index contributed by atoms with van der Waals surface area (Å²) in [6, 6.07) is 21.2. The minimum atomic E-state index is -0.164. The molecule has 0 atom stereocenters. The summed E-state index contributed by atoms with van der Waals surface area (Å²) < 4.78 is 16.1. The highest BCUT2D eigenvalue weighted by Crippen LogP contribution is 2.30. The molecule has 0 unspecified atom stereocenters. The first-order valence-corrected chi connectivity index (χ1v) is 12.1. The molecule has 190 valence electrons. The van der Waals surface area contributed by atoms with Crippen molar-refractivity contribution >= 4 is 17.4 Å². The largest absolute Gasteiger partial charge is 0.497 e. The third kappa shape index (κ3) is 5.35. The van der Waals surface area contributed by atoms with Gasteiger partial charge in [0.25, 0.3) is 5.89 Å². The van der Waals surface area contributed by atoms with Crippen molar-refractivity contribution in [2.75, 3.05) is 50.6 Å². The van der Waals surface area contributed by atoms with Gasteiger partial charge < -0.3 is 29.1 Å². The molecule has 37 heavy (non-hydrogen) atoms. The monoisotopic (exact) mass is 499 g/mol. The fraction of sp³-hybridized carbons (Fsp3) is 0.250. The van der Waals surface area contributed by atoms with E-state index in [0.29, 0.717) is 42.0 Å². The maximum absolute atomic E-state index is 12.9. The Morgan fingerprint density at radius 1 is 0.892 bits per heavy atom. The predicted octanol–water partition coefficient (Wildman–Crippen LogP) is 5.08. The molecule has 9 nitrogen and oxygen atoms in total. The molecule has 1 aromatic heterocycles. The summed E-state index contributed by atoms with van der Waals surface area (Å²) in [6.07, 6.45) is 0. The number of methoxy groups -OCH3 is 2. The van der Waals surface area contributed by atoms with Crippen LogP contribution in [0, 0.1) is 6.92 Å². The van der Waals surface area contributed by atoms with Crippen LogP contribution in [0.2, 0.25) is 0 Å². The molecule has 1 N–H and O–H groups in total. The van der Waals surface area contributed by atoms with E-state index in [9.17, 15) is 4.79 Å². The summed E-state index contributed by atoms with van der Waals surface area (Å²) in [5.74, 6) is 2.29. The van der Waals surface area contributed by atoms with Crippen molar-refractivity contribution < 1.29 is 18.8 Å². The molecular weight excluding hydrogens is 470 g/mol. The van der Waals surface area contributed by atoms with Crippen molar-refractivity contribution in [3.05, 3.63) is 72.3 Å². The number of urea groups is 1. The molecule has 0 radical (unpaired) electrons. The van der Waals surface area contributed by atoms with E-state index < -0.39 is 0 Å². The number of hydrogen-bond acceptors (Lipinski definition) is 7. The smallest absolute Gasteiger partial charge is 0.322 e. The van der Waals surface area contributed by atoms with Crippen LogP contribution < -0.4 is 19.7 Å². The SMILES string of the molecule is COc1ccc(OC)c(NC(=O)N2CCN(c3ccc(-c4noc(-c5ccc(C)cc5)n4)cc3)CC2)c1. The Morgan fingerprint density at radius 2 is 1.59 bits per heavy atom. The van der Waals surface area contributed by atoms with Crippen molar-refractivity contribution in [1.29, 1.82) is 0 Å². The second kappa shape index (κ2) is 10.6. The molecule has 1 fully saturated rings. The van der Waals surface area contributed by atoms with Gasteiger partial charge in [-0.2, -0.15) is 4.98 Å². The number of nitrogens with one attached hydrogen (secondary N) is 1. The Kier molecular flexibility index (Phi) is 6.93. The number of carbonyl (C=O) groups excluding carboxylic acids is 1. The van der Waals surface area contributed by atoms with Gasteiger partial charge in [-0.3, -0.25) is 0 Å². The van der Waals surface area contributed by atoms with Gasteiger partial charge in [-0.25, -0.2) is 4.79 Å². The minimum absolute atomic E-state index is 0.164. The predicted molar refractivity (Wildman–Crippen MR) is 142 cm³/mol. The molecule has 3 aromatic carbocycles. The van der Waals surface area contributed by atoms with Crippen LogP contribution in [0.4, 0.5) is 16.2 Å². The van der Waals surface area contributed by atoms with E-state index in [4.69, 9.17) is 14.0 Å². The van der Waals surface area contributed by atoms with Gasteiger partial charge in [0, 0.05) is 49.1 Å². The summed E-state index contributed by atoms with van der Waals surface area (Å²) in [5.41, 5.74) is 4.62. The summed E-state index contributed by atoms with van der Waals surface area (Å²) in [5, 5.41) is 7.09. The van der Waals surface area contributed by atoms with Crippen LogP contribution in [0.1, 0.15) is 5.56 Å². The number of ether oxygens (including phenoxy) is 2. The van der Waals surface area contributed by atoms with E-state index in [-0.39, 0.29) is 6.03 Å². The molecule has 0 saturated carbocycles. The van der Waals surface area contributed by atoms with Gasteiger partial charge in [0.05, 0.1) is 19.9 Å². The first-order chi connectivity index (χ1) is 18.0. The van der Waals surface area contributed by atoms with Gasteiger partial charge >= 0.3 is 6.03 Å². The lowest BCUT2D eigenvalue weighted by molar-refractivity contribution is 0.208. The van der Waals surface area contributed by atoms with Crippen LogP contribution >= 0.6 is 0 Å². The van der Waals surface area contributed by atoms with Crippen LogP contribution in [0.15, 0.2) is 71.3 Å². The number of nitrogens with zero attached hydrogens (tertiary/aromatic N) is 4. The van der Waals surface area contributed by atoms with Crippen LogP contribution in [0.5, 0.6) is 11.5 Å². The zero-order valence-electron chi connectivity index (χ0n) is 21.1. The summed E-state index contributed by atoms with van der Waals surface area (Å²) in [7, 11) is 3.16. The first-order valence-electron chi connectivity index (χ1n) is 12.1. The van der Waals surface area contributed by atoms with Gasteiger partial charge in [0.15, 0.2) is 0 Å². The number of benzene rings is 3. The zero-order chi connectivity index (χ0) is 25.8. The standard InChI is InChI=1S/C28H29N5O4/c1-19-4-6-21(7-5-19)27-30-26(31-37-27)20-8-10-22(11-9-20)32-14-16-33(17-15-32)28(34)29-24-18-23(35-2)12-13-25(24)36-3/h4-13,18H,14-17H2,1-3H3,(H,29,34). The summed E-state index contributed by atoms with van der Waals surface area (Å²) >= 11 is 0. The van der Waals surface area contributed by atoms with Crippen LogP contribution in [-0.4, -0.2) is 61.5 Å². The number of hydrogen-bond donors (Lipinski definition) is 1. The Morgan fingerprint density at radius 3 is 2.27 bits per heavy atom. The van der Waals surface area contributed by atoms with E-state index in [1.54, 1.807) is 37.3 Å². The van der Waals surface area contributed by atoms with Crippen LogP contribution in [-0.2, 0) is 0 Å². The average molecular weight is 500 g/mol. The molecule has 9 heteroatoms. The quantitative estimate of drug-likeness (QED) is 0.395. The Hall–Kier alpha value is -4.53. The van der Waals surface area contributed by atoms with Crippen molar-refractivity contribution in [1.82, 2.24) is 15.0 Å². The molecule has 1 aliphatic heterocycles. The lowest BCUT2D eigenvalue weighted by Gasteiger charge is -2.36. The van der Waals surface area contributed by atoms with Gasteiger partial charge in [-0.05, 0) is 55.5 Å². The summed E-state index contributed by atoms with van der Waals surface area (Å²) in [4.78, 5) is 21.5. The van der Waals surface area contributed by atoms with Crippen molar-refractivity contribution in [2.45, 2.75) is 6.92 Å². The molecule has 4 aromatic rings. The maximum Gasteiger partial charge on any atom is 0.322 e. The maximum atomic E-state index is 12.9. The first kappa shape index (κ1) is 24.2. The average Bonchev–Trinajstić information content (AvgIpc) is 3.44. The highest BCUT2D eigenvalue weighted by atomic mass is 16.5. The van der Waals surface area contributed by atoms with Crippen molar-refractivity contribution in [3.63, 3.8) is 0 Å². The zero-order valence-corrected chi connectivity index (χ0v) is 21.1. The normalized spacial score (nSPS) is 13.4. The second-order valence-electron chi connectivity index (χ2n) is 8.81. The highest BCUT2D eigenvalue weighted by molar-refractivity contribution is 5.91. The van der Waals surface area contributed by atoms with Crippen molar-refractivity contribution in [2.24, 2.45) is 0 Å².